The van der Waals surface area contributed by atoms with E-state index in [9.17, 15) is 14.9 Å². The Balaban J connectivity index is 1.49. The molecule has 1 aliphatic rings. The number of nitro benzene ring substituents is 1. The third kappa shape index (κ3) is 5.45. The third-order valence-corrected chi connectivity index (χ3v) is 6.74. The number of aryl methyl sites for hydroxylation is 1. The topological polar surface area (TPSA) is 100 Å². The van der Waals surface area contributed by atoms with Crippen molar-refractivity contribution in [3.05, 3.63) is 57.6 Å². The van der Waals surface area contributed by atoms with Gasteiger partial charge in [0, 0.05) is 25.2 Å². The molecule has 1 aromatic heterocycles. The minimum atomic E-state index is -0.503. The summed E-state index contributed by atoms with van der Waals surface area (Å²) in [6.07, 6.45) is 5.36. The fourth-order valence-corrected chi connectivity index (χ4v) is 5.10. The normalized spacial score (nSPS) is 13.3. The van der Waals surface area contributed by atoms with Crippen LogP contribution in [0.15, 0.2) is 36.4 Å². The molecule has 2 heterocycles. The smallest absolute Gasteiger partial charge is 0.270 e. The second kappa shape index (κ2) is 10.2. The Kier molecular flexibility index (Phi) is 7.14. The summed E-state index contributed by atoms with van der Waals surface area (Å²) >= 11 is 6.81. The highest BCUT2D eigenvalue weighted by Crippen LogP contribution is 2.29. The lowest BCUT2D eigenvalue weighted by atomic mass is 10.1. The van der Waals surface area contributed by atoms with Gasteiger partial charge in [0.1, 0.15) is 0 Å². The maximum atomic E-state index is 13.0. The van der Waals surface area contributed by atoms with Gasteiger partial charge in [0.05, 0.1) is 26.4 Å². The molecular weight excluding hydrogens is 458 g/mol. The van der Waals surface area contributed by atoms with Gasteiger partial charge >= 0.3 is 0 Å². The Labute approximate surface area is 201 Å². The Morgan fingerprint density at radius 3 is 2.76 bits per heavy atom. The number of nitrogens with zero attached hydrogens (tertiary/aromatic N) is 3. The van der Waals surface area contributed by atoms with Crippen molar-refractivity contribution in [3.8, 4) is 0 Å². The van der Waals surface area contributed by atoms with E-state index in [0.29, 0.717) is 10.8 Å². The van der Waals surface area contributed by atoms with Crippen molar-refractivity contribution in [2.24, 2.45) is 0 Å². The number of thiocarbonyl (C=S) groups is 1. The van der Waals surface area contributed by atoms with Gasteiger partial charge in [-0.25, -0.2) is 4.98 Å². The number of fused-ring (bicyclic) bond motifs is 1. The van der Waals surface area contributed by atoms with E-state index in [4.69, 9.17) is 12.2 Å². The van der Waals surface area contributed by atoms with Gasteiger partial charge < -0.3 is 10.2 Å². The maximum Gasteiger partial charge on any atom is 0.270 e. The highest BCUT2D eigenvalue weighted by Gasteiger charge is 2.23. The predicted octanol–water partition coefficient (Wildman–Crippen LogP) is 5.27. The van der Waals surface area contributed by atoms with Crippen LogP contribution < -0.4 is 15.5 Å². The number of carbonyl (C=O) groups is 1. The zero-order valence-corrected chi connectivity index (χ0v) is 19.9. The Hall–Kier alpha value is -3.11. The molecule has 0 spiro atoms. The van der Waals surface area contributed by atoms with Crippen molar-refractivity contribution in [1.82, 2.24) is 10.3 Å². The lowest BCUT2D eigenvalue weighted by molar-refractivity contribution is -0.384. The number of unbranched alkanes of at least 4 members (excludes halogenated alkanes) is 1. The number of hydrogen-bond acceptors (Lipinski definition) is 7. The molecule has 2 aromatic carbocycles. The van der Waals surface area contributed by atoms with Crippen molar-refractivity contribution in [2.75, 3.05) is 23.3 Å². The summed E-state index contributed by atoms with van der Waals surface area (Å²) in [7, 11) is 0. The molecule has 8 nitrogen and oxygen atoms in total. The summed E-state index contributed by atoms with van der Waals surface area (Å²) in [5.74, 6) is -0.485. The molecule has 2 N–H and O–H groups in total. The summed E-state index contributed by atoms with van der Waals surface area (Å²) in [4.78, 5) is 30.4. The number of aromatic nitrogens is 1. The summed E-state index contributed by atoms with van der Waals surface area (Å²) in [6, 6.07) is 10.6. The van der Waals surface area contributed by atoms with E-state index in [1.54, 1.807) is 6.07 Å². The standard InChI is InChI=1S/C23H25N5O3S2/c1-2-3-6-15-7-9-18-20(13-15)33-23(24-18)26-22(32)25-21(29)17-14-16(28(30)31)8-10-19(17)27-11-4-5-12-27/h7-10,13-14H,2-6,11-12H2,1H3,(H2,24,25,26,29,32). The van der Waals surface area contributed by atoms with Crippen LogP contribution in [0.25, 0.3) is 10.2 Å². The Bertz CT molecular complexity index is 1200. The van der Waals surface area contributed by atoms with Crippen molar-refractivity contribution in [1.29, 1.82) is 0 Å². The van der Waals surface area contributed by atoms with Crippen LogP contribution in [0.3, 0.4) is 0 Å². The van der Waals surface area contributed by atoms with Crippen LogP contribution in [0.4, 0.5) is 16.5 Å². The van der Waals surface area contributed by atoms with Crippen molar-refractivity contribution < 1.29 is 9.72 Å². The van der Waals surface area contributed by atoms with Gasteiger partial charge in [-0.3, -0.25) is 20.2 Å². The maximum absolute atomic E-state index is 13.0. The van der Waals surface area contributed by atoms with Gasteiger partial charge in [-0.1, -0.05) is 30.7 Å². The molecule has 0 aliphatic carbocycles. The van der Waals surface area contributed by atoms with E-state index in [1.165, 1.54) is 29.0 Å². The molecule has 0 atom stereocenters. The molecule has 10 heteroatoms. The van der Waals surface area contributed by atoms with Crippen molar-refractivity contribution in [2.45, 2.75) is 39.0 Å². The SMILES string of the molecule is CCCCc1ccc2nc(NC(=S)NC(=O)c3cc([N+](=O)[O-])ccc3N3CCCC3)sc2c1. The first-order chi connectivity index (χ1) is 15.9. The van der Waals surface area contributed by atoms with Gasteiger partial charge in [0.25, 0.3) is 11.6 Å². The first-order valence-electron chi connectivity index (χ1n) is 11.0. The van der Waals surface area contributed by atoms with Gasteiger partial charge in [-0.15, -0.1) is 0 Å². The fraction of sp³-hybridized carbons (Fsp3) is 0.348. The van der Waals surface area contributed by atoms with Crippen LogP contribution in [0.5, 0.6) is 0 Å². The molecule has 0 radical (unpaired) electrons. The summed E-state index contributed by atoms with van der Waals surface area (Å²) in [5, 5.41) is 17.6. The highest BCUT2D eigenvalue weighted by atomic mass is 32.1. The second-order valence-electron chi connectivity index (χ2n) is 7.99. The van der Waals surface area contributed by atoms with Crippen LogP contribution in [-0.2, 0) is 6.42 Å². The third-order valence-electron chi connectivity index (χ3n) is 5.60. The highest BCUT2D eigenvalue weighted by molar-refractivity contribution is 7.80. The number of benzene rings is 2. The predicted molar refractivity (Wildman–Crippen MR) is 136 cm³/mol. The fourth-order valence-electron chi connectivity index (χ4n) is 3.91. The number of thiazole rings is 1. The first kappa shape index (κ1) is 23.1. The largest absolute Gasteiger partial charge is 0.371 e. The van der Waals surface area contributed by atoms with Crippen LogP contribution in [0, 0.1) is 10.1 Å². The molecule has 1 saturated heterocycles. The molecule has 4 rings (SSSR count). The molecule has 33 heavy (non-hydrogen) atoms. The number of anilines is 2. The van der Waals surface area contributed by atoms with E-state index < -0.39 is 10.8 Å². The van der Waals surface area contributed by atoms with Crippen LogP contribution >= 0.6 is 23.6 Å². The molecular formula is C23H25N5O3S2. The minimum absolute atomic E-state index is 0.101. The summed E-state index contributed by atoms with van der Waals surface area (Å²) < 4.78 is 1.05. The number of hydrogen-bond donors (Lipinski definition) is 2. The Morgan fingerprint density at radius 1 is 1.24 bits per heavy atom. The lowest BCUT2D eigenvalue weighted by Crippen LogP contribution is -2.35. The number of amides is 1. The molecule has 0 unspecified atom stereocenters. The minimum Gasteiger partial charge on any atom is -0.371 e. The van der Waals surface area contributed by atoms with Crippen LogP contribution in [0.2, 0.25) is 0 Å². The number of nitrogens with one attached hydrogen (secondary N) is 2. The van der Waals surface area contributed by atoms with Crippen molar-refractivity contribution in [3.63, 3.8) is 0 Å². The van der Waals surface area contributed by atoms with Crippen LogP contribution in [-0.4, -0.2) is 34.0 Å². The summed E-state index contributed by atoms with van der Waals surface area (Å²) in [6.45, 7) is 3.80. The van der Waals surface area contributed by atoms with Gasteiger partial charge in [-0.05, 0) is 61.7 Å². The molecule has 3 aromatic rings. The molecule has 1 amide bonds. The van der Waals surface area contributed by atoms with E-state index in [0.717, 1.165) is 55.4 Å². The average Bonchev–Trinajstić information content (AvgIpc) is 3.46. The molecule has 172 valence electrons. The molecule has 1 fully saturated rings. The zero-order chi connectivity index (χ0) is 23.4. The number of non-ortho nitro benzene ring substituents is 1. The zero-order valence-electron chi connectivity index (χ0n) is 18.3. The van der Waals surface area contributed by atoms with E-state index in [2.05, 4.69) is 39.6 Å². The number of nitro groups is 1. The first-order valence-corrected chi connectivity index (χ1v) is 12.2. The van der Waals surface area contributed by atoms with Crippen molar-refractivity contribution >= 4 is 61.3 Å². The average molecular weight is 484 g/mol. The molecule has 1 aliphatic heterocycles. The van der Waals surface area contributed by atoms with E-state index in [1.807, 2.05) is 6.07 Å². The quantitative estimate of drug-likeness (QED) is 0.268. The summed E-state index contributed by atoms with van der Waals surface area (Å²) in [5.41, 5.74) is 2.92. The van der Waals surface area contributed by atoms with Crippen LogP contribution in [0.1, 0.15) is 48.5 Å². The second-order valence-corrected chi connectivity index (χ2v) is 9.42. The molecule has 0 saturated carbocycles. The molecule has 0 bridgehead atoms. The monoisotopic (exact) mass is 483 g/mol. The van der Waals surface area contributed by atoms with Gasteiger partial charge in [0.15, 0.2) is 10.2 Å². The lowest BCUT2D eigenvalue weighted by Gasteiger charge is -2.21. The van der Waals surface area contributed by atoms with E-state index in [-0.39, 0.29) is 16.4 Å². The van der Waals surface area contributed by atoms with Gasteiger partial charge in [-0.2, -0.15) is 0 Å². The number of rotatable bonds is 7. The van der Waals surface area contributed by atoms with E-state index >= 15 is 0 Å². The Morgan fingerprint density at radius 2 is 2.03 bits per heavy atom. The van der Waals surface area contributed by atoms with Gasteiger partial charge in [0.2, 0.25) is 0 Å². The number of carbonyl (C=O) groups excluding carboxylic acids is 1.